The molecule has 1 aromatic heterocycles. The highest BCUT2D eigenvalue weighted by atomic mass is 16.4. The van der Waals surface area contributed by atoms with Gasteiger partial charge in [0.05, 0.1) is 12.1 Å². The van der Waals surface area contributed by atoms with Crippen LogP contribution in [0.2, 0.25) is 0 Å². The number of aromatic nitrogens is 1. The van der Waals surface area contributed by atoms with E-state index in [2.05, 4.69) is 16.8 Å². The van der Waals surface area contributed by atoms with Gasteiger partial charge in [-0.15, -0.1) is 0 Å². The standard InChI is InChI=1S/C9H8N2O2/c10-3-1-2-7-4-8(9(12)13)6-11-5-7/h4-6H,3,10H2,(H,12,13). The second kappa shape index (κ2) is 4.24. The van der Waals surface area contributed by atoms with Gasteiger partial charge in [0.25, 0.3) is 0 Å². The molecule has 0 aliphatic heterocycles. The van der Waals surface area contributed by atoms with E-state index in [9.17, 15) is 4.79 Å². The highest BCUT2D eigenvalue weighted by molar-refractivity contribution is 5.87. The maximum Gasteiger partial charge on any atom is 0.337 e. The third-order valence-electron chi connectivity index (χ3n) is 1.32. The fourth-order valence-electron chi connectivity index (χ4n) is 0.778. The summed E-state index contributed by atoms with van der Waals surface area (Å²) in [6.07, 6.45) is 2.77. The van der Waals surface area contributed by atoms with Gasteiger partial charge in [0.15, 0.2) is 0 Å². The van der Waals surface area contributed by atoms with Crippen LogP contribution in [0.5, 0.6) is 0 Å². The Morgan fingerprint density at radius 1 is 1.62 bits per heavy atom. The molecule has 66 valence electrons. The van der Waals surface area contributed by atoms with Crippen LogP contribution in [0.4, 0.5) is 0 Å². The van der Waals surface area contributed by atoms with Crippen LogP contribution in [-0.4, -0.2) is 22.6 Å². The lowest BCUT2D eigenvalue weighted by Crippen LogP contribution is -1.98. The van der Waals surface area contributed by atoms with Gasteiger partial charge in [-0.25, -0.2) is 4.79 Å². The number of hydrogen-bond acceptors (Lipinski definition) is 3. The number of hydrogen-bond donors (Lipinski definition) is 2. The number of pyridine rings is 1. The lowest BCUT2D eigenvalue weighted by atomic mass is 10.2. The molecule has 0 saturated carbocycles. The average Bonchev–Trinajstić information content (AvgIpc) is 2.15. The number of carboxylic acid groups (broad SMARTS) is 1. The zero-order valence-corrected chi connectivity index (χ0v) is 6.82. The molecule has 0 aliphatic carbocycles. The van der Waals surface area contributed by atoms with Crippen LogP contribution in [0.15, 0.2) is 18.5 Å². The van der Waals surface area contributed by atoms with Crippen molar-refractivity contribution in [2.24, 2.45) is 5.73 Å². The first kappa shape index (κ1) is 9.23. The van der Waals surface area contributed by atoms with Crippen LogP contribution >= 0.6 is 0 Å². The molecule has 0 aliphatic rings. The minimum Gasteiger partial charge on any atom is -0.478 e. The van der Waals surface area contributed by atoms with Gasteiger partial charge < -0.3 is 10.8 Å². The number of nitrogens with zero attached hydrogens (tertiary/aromatic N) is 1. The Balaban J connectivity index is 2.98. The predicted octanol–water partition coefficient (Wildman–Crippen LogP) is 0.0900. The second-order valence-electron chi connectivity index (χ2n) is 2.27. The van der Waals surface area contributed by atoms with Gasteiger partial charge in [0, 0.05) is 18.0 Å². The van der Waals surface area contributed by atoms with E-state index < -0.39 is 5.97 Å². The summed E-state index contributed by atoms with van der Waals surface area (Å²) in [5, 5.41) is 8.62. The summed E-state index contributed by atoms with van der Waals surface area (Å²) in [6, 6.07) is 1.46. The van der Waals surface area contributed by atoms with Crippen molar-refractivity contribution < 1.29 is 9.90 Å². The molecule has 4 heteroatoms. The highest BCUT2D eigenvalue weighted by Crippen LogP contribution is 2.00. The summed E-state index contributed by atoms with van der Waals surface area (Å²) in [5.74, 6) is 4.30. The van der Waals surface area contributed by atoms with Gasteiger partial charge in [-0.2, -0.15) is 0 Å². The number of aromatic carboxylic acids is 1. The Hall–Kier alpha value is -1.86. The molecule has 0 radical (unpaired) electrons. The fourth-order valence-corrected chi connectivity index (χ4v) is 0.778. The number of nitrogens with two attached hydrogens (primary N) is 1. The normalized spacial score (nSPS) is 8.69. The molecule has 4 nitrogen and oxygen atoms in total. The Morgan fingerprint density at radius 2 is 2.38 bits per heavy atom. The summed E-state index contributed by atoms with van der Waals surface area (Å²) in [7, 11) is 0. The molecule has 3 N–H and O–H groups in total. The first-order chi connectivity index (χ1) is 6.24. The maximum atomic E-state index is 10.5. The third-order valence-corrected chi connectivity index (χ3v) is 1.32. The zero-order valence-electron chi connectivity index (χ0n) is 6.82. The van der Waals surface area contributed by atoms with Crippen molar-refractivity contribution in [3.05, 3.63) is 29.6 Å². The van der Waals surface area contributed by atoms with Crippen molar-refractivity contribution in [1.29, 1.82) is 0 Å². The summed E-state index contributed by atoms with van der Waals surface area (Å²) in [5.41, 5.74) is 5.85. The van der Waals surface area contributed by atoms with Crippen molar-refractivity contribution in [3.8, 4) is 11.8 Å². The van der Waals surface area contributed by atoms with E-state index in [1.165, 1.54) is 18.5 Å². The largest absolute Gasteiger partial charge is 0.478 e. The van der Waals surface area contributed by atoms with E-state index >= 15 is 0 Å². The molecule has 0 spiro atoms. The maximum absolute atomic E-state index is 10.5. The topological polar surface area (TPSA) is 76.2 Å². The molecule has 1 heterocycles. The van der Waals surface area contributed by atoms with Crippen molar-refractivity contribution >= 4 is 5.97 Å². The molecule has 0 atom stereocenters. The first-order valence-corrected chi connectivity index (χ1v) is 3.61. The van der Waals surface area contributed by atoms with Crippen LogP contribution in [0, 0.1) is 11.8 Å². The lowest BCUT2D eigenvalue weighted by molar-refractivity contribution is 0.0696. The second-order valence-corrected chi connectivity index (χ2v) is 2.27. The SMILES string of the molecule is NCC#Cc1cncc(C(=O)O)c1. The van der Waals surface area contributed by atoms with Crippen molar-refractivity contribution in [3.63, 3.8) is 0 Å². The average molecular weight is 176 g/mol. The summed E-state index contributed by atoms with van der Waals surface area (Å²) < 4.78 is 0. The Bertz CT molecular complexity index is 377. The highest BCUT2D eigenvalue weighted by Gasteiger charge is 2.01. The van der Waals surface area contributed by atoms with Crippen LogP contribution in [0.1, 0.15) is 15.9 Å². The van der Waals surface area contributed by atoms with E-state index in [1.807, 2.05) is 0 Å². The Morgan fingerprint density at radius 3 is 3.00 bits per heavy atom. The smallest absolute Gasteiger partial charge is 0.337 e. The molecule has 0 amide bonds. The number of carbonyl (C=O) groups is 1. The van der Waals surface area contributed by atoms with Crippen molar-refractivity contribution in [1.82, 2.24) is 4.98 Å². The van der Waals surface area contributed by atoms with Crippen LogP contribution < -0.4 is 5.73 Å². The quantitative estimate of drug-likeness (QED) is 0.594. The molecular weight excluding hydrogens is 168 g/mol. The molecule has 0 fully saturated rings. The predicted molar refractivity (Wildman–Crippen MR) is 47.1 cm³/mol. The molecule has 1 rings (SSSR count). The molecule has 0 unspecified atom stereocenters. The van der Waals surface area contributed by atoms with Crippen LogP contribution in [-0.2, 0) is 0 Å². The monoisotopic (exact) mass is 176 g/mol. The van der Waals surface area contributed by atoms with Gasteiger partial charge in [-0.05, 0) is 6.07 Å². The lowest BCUT2D eigenvalue weighted by Gasteiger charge is -1.93. The molecular formula is C9H8N2O2. The Labute approximate surface area is 75.4 Å². The van der Waals surface area contributed by atoms with Crippen molar-refractivity contribution in [2.75, 3.05) is 6.54 Å². The van der Waals surface area contributed by atoms with Crippen LogP contribution in [0.3, 0.4) is 0 Å². The van der Waals surface area contributed by atoms with Gasteiger partial charge in [0.2, 0.25) is 0 Å². The van der Waals surface area contributed by atoms with Gasteiger partial charge >= 0.3 is 5.97 Å². The molecule has 1 aromatic rings. The van der Waals surface area contributed by atoms with Gasteiger partial charge in [-0.3, -0.25) is 4.98 Å². The third kappa shape index (κ3) is 2.58. The van der Waals surface area contributed by atoms with Crippen LogP contribution in [0.25, 0.3) is 0 Å². The van der Waals surface area contributed by atoms with E-state index in [4.69, 9.17) is 10.8 Å². The van der Waals surface area contributed by atoms with E-state index in [0.717, 1.165) is 0 Å². The van der Waals surface area contributed by atoms with E-state index in [-0.39, 0.29) is 12.1 Å². The molecule has 13 heavy (non-hydrogen) atoms. The minimum atomic E-state index is -1.01. The van der Waals surface area contributed by atoms with Gasteiger partial charge in [0.1, 0.15) is 0 Å². The first-order valence-electron chi connectivity index (χ1n) is 3.61. The molecule has 0 bridgehead atoms. The fraction of sp³-hybridized carbons (Fsp3) is 0.111. The molecule has 0 saturated heterocycles. The van der Waals surface area contributed by atoms with Crippen molar-refractivity contribution in [2.45, 2.75) is 0 Å². The number of carboxylic acids is 1. The minimum absolute atomic E-state index is 0.129. The zero-order chi connectivity index (χ0) is 9.68. The Kier molecular flexibility index (Phi) is 3.01. The van der Waals surface area contributed by atoms with Gasteiger partial charge in [-0.1, -0.05) is 11.8 Å². The van der Waals surface area contributed by atoms with E-state index in [1.54, 1.807) is 0 Å². The number of rotatable bonds is 1. The molecule has 0 aromatic carbocycles. The van der Waals surface area contributed by atoms with E-state index in [0.29, 0.717) is 5.56 Å². The summed E-state index contributed by atoms with van der Waals surface area (Å²) in [4.78, 5) is 14.2. The summed E-state index contributed by atoms with van der Waals surface area (Å²) >= 11 is 0. The summed E-state index contributed by atoms with van der Waals surface area (Å²) in [6.45, 7) is 0.247.